The molecule has 0 unspecified atom stereocenters. The van der Waals surface area contributed by atoms with Gasteiger partial charge in [-0.1, -0.05) is 15.9 Å². The molecule has 0 heterocycles. The van der Waals surface area contributed by atoms with Crippen LogP contribution in [0.2, 0.25) is 0 Å². The lowest BCUT2D eigenvalue weighted by atomic mass is 10.2. The van der Waals surface area contributed by atoms with Crippen molar-refractivity contribution in [2.75, 3.05) is 14.2 Å². The van der Waals surface area contributed by atoms with E-state index in [1.54, 1.807) is 6.07 Å². The van der Waals surface area contributed by atoms with Gasteiger partial charge in [-0.3, -0.25) is 0 Å². The first-order chi connectivity index (χ1) is 6.19. The number of ether oxygens (including phenoxy) is 1. The summed E-state index contributed by atoms with van der Waals surface area (Å²) in [6.45, 7) is 0.613. The van der Waals surface area contributed by atoms with Crippen molar-refractivity contribution in [1.82, 2.24) is 5.32 Å². The first kappa shape index (κ1) is 10.3. The molecule has 1 aromatic carbocycles. The van der Waals surface area contributed by atoms with Gasteiger partial charge in [0.05, 0.1) is 7.11 Å². The van der Waals surface area contributed by atoms with Crippen molar-refractivity contribution < 1.29 is 9.84 Å². The van der Waals surface area contributed by atoms with E-state index in [4.69, 9.17) is 4.74 Å². The van der Waals surface area contributed by atoms with E-state index >= 15 is 0 Å². The number of methoxy groups -OCH3 is 1. The molecule has 0 amide bonds. The van der Waals surface area contributed by atoms with Gasteiger partial charge in [0.25, 0.3) is 0 Å². The molecule has 1 rings (SSSR count). The van der Waals surface area contributed by atoms with Crippen LogP contribution in [0.25, 0.3) is 0 Å². The number of phenols is 1. The van der Waals surface area contributed by atoms with E-state index in [0.29, 0.717) is 12.3 Å². The number of hydrogen-bond acceptors (Lipinski definition) is 3. The summed E-state index contributed by atoms with van der Waals surface area (Å²) in [4.78, 5) is 0. The number of phenolic OH excluding ortho intramolecular Hbond substituents is 1. The maximum Gasteiger partial charge on any atom is 0.162 e. The van der Waals surface area contributed by atoms with Crippen molar-refractivity contribution in [2.45, 2.75) is 6.54 Å². The van der Waals surface area contributed by atoms with Gasteiger partial charge in [0.2, 0.25) is 0 Å². The first-order valence-electron chi connectivity index (χ1n) is 3.89. The number of rotatable bonds is 3. The Labute approximate surface area is 85.9 Å². The maximum absolute atomic E-state index is 9.66. The molecule has 0 fully saturated rings. The largest absolute Gasteiger partial charge is 0.504 e. The number of benzene rings is 1. The Morgan fingerprint density at radius 3 is 2.77 bits per heavy atom. The molecule has 13 heavy (non-hydrogen) atoms. The summed E-state index contributed by atoms with van der Waals surface area (Å²) in [6, 6.07) is 3.59. The minimum absolute atomic E-state index is 0.194. The van der Waals surface area contributed by atoms with Gasteiger partial charge >= 0.3 is 0 Å². The average Bonchev–Trinajstić information content (AvgIpc) is 2.11. The van der Waals surface area contributed by atoms with Crippen LogP contribution in [0.5, 0.6) is 11.5 Å². The molecule has 0 saturated carbocycles. The zero-order valence-electron chi connectivity index (χ0n) is 7.60. The van der Waals surface area contributed by atoms with Crippen LogP contribution >= 0.6 is 15.9 Å². The zero-order valence-corrected chi connectivity index (χ0v) is 9.18. The number of halogens is 1. The second-order valence-corrected chi connectivity index (χ2v) is 3.56. The Kier molecular flexibility index (Phi) is 3.57. The molecular weight excluding hydrogens is 234 g/mol. The highest BCUT2D eigenvalue weighted by Gasteiger charge is 2.08. The van der Waals surface area contributed by atoms with E-state index in [-0.39, 0.29) is 5.75 Å². The highest BCUT2D eigenvalue weighted by atomic mass is 79.9. The fourth-order valence-electron chi connectivity index (χ4n) is 1.11. The third-order valence-corrected chi connectivity index (χ3v) is 2.16. The predicted molar refractivity (Wildman–Crippen MR) is 55.1 cm³/mol. The molecule has 1 aromatic rings. The summed E-state index contributed by atoms with van der Waals surface area (Å²) in [7, 11) is 3.36. The van der Waals surface area contributed by atoms with Crippen molar-refractivity contribution in [2.24, 2.45) is 0 Å². The third kappa shape index (κ3) is 2.35. The molecule has 2 N–H and O–H groups in total. The molecular formula is C9H12BrNO2. The molecule has 0 radical (unpaired) electrons. The Bertz CT molecular complexity index is 302. The van der Waals surface area contributed by atoms with E-state index in [1.807, 2.05) is 13.1 Å². The Morgan fingerprint density at radius 2 is 2.23 bits per heavy atom. The maximum atomic E-state index is 9.66. The minimum Gasteiger partial charge on any atom is -0.504 e. The molecule has 0 aliphatic carbocycles. The number of aromatic hydroxyl groups is 1. The smallest absolute Gasteiger partial charge is 0.162 e. The summed E-state index contributed by atoms with van der Waals surface area (Å²) >= 11 is 3.34. The van der Waals surface area contributed by atoms with Crippen LogP contribution in [0.1, 0.15) is 5.56 Å². The van der Waals surface area contributed by atoms with Crippen LogP contribution in [0.4, 0.5) is 0 Å². The Morgan fingerprint density at radius 1 is 1.54 bits per heavy atom. The number of nitrogens with one attached hydrogen (secondary N) is 1. The summed E-state index contributed by atoms with van der Waals surface area (Å²) in [5.41, 5.74) is 0.814. The lowest BCUT2D eigenvalue weighted by molar-refractivity contribution is 0.369. The van der Waals surface area contributed by atoms with Crippen LogP contribution in [0.3, 0.4) is 0 Å². The van der Waals surface area contributed by atoms with Gasteiger partial charge in [-0.05, 0) is 19.2 Å². The highest BCUT2D eigenvalue weighted by molar-refractivity contribution is 9.10. The molecule has 0 spiro atoms. The molecule has 3 nitrogen and oxygen atoms in total. The summed E-state index contributed by atoms with van der Waals surface area (Å²) in [6.07, 6.45) is 0. The highest BCUT2D eigenvalue weighted by Crippen LogP contribution is 2.33. The number of hydrogen-bond donors (Lipinski definition) is 2. The van der Waals surface area contributed by atoms with Crippen molar-refractivity contribution in [3.8, 4) is 11.5 Å². The normalized spacial score (nSPS) is 10.1. The van der Waals surface area contributed by atoms with Crippen LogP contribution < -0.4 is 10.1 Å². The fraction of sp³-hybridized carbons (Fsp3) is 0.333. The standard InChI is InChI=1S/C9H12BrNO2/c1-11-5-6-3-7(10)4-8(13-2)9(6)12/h3-4,11-12H,5H2,1-2H3. The molecule has 0 saturated heterocycles. The molecule has 0 aliphatic rings. The van der Waals surface area contributed by atoms with Crippen LogP contribution in [-0.2, 0) is 6.54 Å². The molecule has 72 valence electrons. The zero-order chi connectivity index (χ0) is 9.84. The van der Waals surface area contributed by atoms with Crippen molar-refractivity contribution in [3.05, 3.63) is 22.2 Å². The SMILES string of the molecule is CNCc1cc(Br)cc(OC)c1O. The van der Waals surface area contributed by atoms with Crippen LogP contribution in [0.15, 0.2) is 16.6 Å². The van der Waals surface area contributed by atoms with Gasteiger partial charge in [0.15, 0.2) is 11.5 Å². The second-order valence-electron chi connectivity index (χ2n) is 2.65. The van der Waals surface area contributed by atoms with Crippen molar-refractivity contribution in [3.63, 3.8) is 0 Å². The Balaban J connectivity index is 3.11. The quantitative estimate of drug-likeness (QED) is 0.855. The lowest BCUT2D eigenvalue weighted by Gasteiger charge is -2.09. The van der Waals surface area contributed by atoms with E-state index < -0.39 is 0 Å². The van der Waals surface area contributed by atoms with E-state index in [0.717, 1.165) is 10.0 Å². The van der Waals surface area contributed by atoms with Crippen molar-refractivity contribution >= 4 is 15.9 Å². The van der Waals surface area contributed by atoms with Gasteiger partial charge in [0.1, 0.15) is 0 Å². The van der Waals surface area contributed by atoms with E-state index in [9.17, 15) is 5.11 Å². The van der Waals surface area contributed by atoms with Gasteiger partial charge in [-0.15, -0.1) is 0 Å². The molecule has 0 aromatic heterocycles. The molecule has 0 atom stereocenters. The Hall–Kier alpha value is -0.740. The van der Waals surface area contributed by atoms with Crippen molar-refractivity contribution in [1.29, 1.82) is 0 Å². The van der Waals surface area contributed by atoms with Gasteiger partial charge < -0.3 is 15.2 Å². The summed E-state index contributed by atoms with van der Waals surface area (Å²) in [5, 5.41) is 12.6. The topological polar surface area (TPSA) is 41.5 Å². The second kappa shape index (κ2) is 4.48. The third-order valence-electron chi connectivity index (χ3n) is 1.71. The summed E-state index contributed by atoms with van der Waals surface area (Å²) in [5.74, 6) is 0.680. The molecule has 0 bridgehead atoms. The monoisotopic (exact) mass is 245 g/mol. The fourth-order valence-corrected chi connectivity index (χ4v) is 1.59. The molecule has 0 aliphatic heterocycles. The first-order valence-corrected chi connectivity index (χ1v) is 4.68. The van der Waals surface area contributed by atoms with Gasteiger partial charge in [-0.2, -0.15) is 0 Å². The minimum atomic E-state index is 0.194. The lowest BCUT2D eigenvalue weighted by Crippen LogP contribution is -2.05. The van der Waals surface area contributed by atoms with Crippen LogP contribution in [0, 0.1) is 0 Å². The van der Waals surface area contributed by atoms with E-state index in [1.165, 1.54) is 7.11 Å². The summed E-state index contributed by atoms with van der Waals surface area (Å²) < 4.78 is 5.90. The van der Waals surface area contributed by atoms with Crippen LogP contribution in [-0.4, -0.2) is 19.3 Å². The average molecular weight is 246 g/mol. The predicted octanol–water partition coefficient (Wildman–Crippen LogP) is 1.88. The van der Waals surface area contributed by atoms with Gasteiger partial charge in [-0.25, -0.2) is 0 Å². The molecule has 4 heteroatoms. The van der Waals surface area contributed by atoms with Gasteiger partial charge in [0, 0.05) is 16.6 Å². The van der Waals surface area contributed by atoms with E-state index in [2.05, 4.69) is 21.2 Å².